The highest BCUT2D eigenvalue weighted by Crippen LogP contribution is 2.38. The van der Waals surface area contributed by atoms with Crippen molar-refractivity contribution >= 4 is 34.4 Å². The van der Waals surface area contributed by atoms with Crippen LogP contribution in [0, 0.1) is 5.82 Å². The highest BCUT2D eigenvalue weighted by atomic mass is 19.1. The molecular formula is C33H30FN3O5. The van der Waals surface area contributed by atoms with E-state index in [1.807, 2.05) is 35.2 Å². The standard InChI is InChI=1S/C33H30FN3O5/c34-27-17-25-28(37(24-8-9-24)20-26(32(25)40)33(41)42)18-29(27)36-14-12-35(13-15-36)19-23-16-22(7-11-31(23)39)30(38)10-6-21-4-2-1-3-5-21/h1-7,10-11,16-18,20,24,39H,8-9,12-15,19H2,(H,41,42)/b10-6+. The summed E-state index contributed by atoms with van der Waals surface area (Å²) in [4.78, 5) is 41.2. The molecule has 214 valence electrons. The number of aromatic carboxylic acids is 1. The second kappa shape index (κ2) is 11.3. The van der Waals surface area contributed by atoms with E-state index >= 15 is 4.39 Å². The lowest BCUT2D eigenvalue weighted by molar-refractivity contribution is 0.0694. The van der Waals surface area contributed by atoms with Crippen molar-refractivity contribution in [3.05, 3.63) is 111 Å². The number of fused-ring (bicyclic) bond motifs is 1. The number of hydrogen-bond acceptors (Lipinski definition) is 6. The molecule has 2 heterocycles. The first-order valence-electron chi connectivity index (χ1n) is 14.0. The molecular weight excluding hydrogens is 537 g/mol. The lowest BCUT2D eigenvalue weighted by Gasteiger charge is -2.36. The summed E-state index contributed by atoms with van der Waals surface area (Å²) in [5, 5.41) is 20.0. The van der Waals surface area contributed by atoms with E-state index < -0.39 is 17.2 Å². The molecule has 3 aromatic carbocycles. The summed E-state index contributed by atoms with van der Waals surface area (Å²) in [5.74, 6) is -1.93. The molecule has 1 saturated heterocycles. The Kier molecular flexibility index (Phi) is 7.34. The molecule has 4 aromatic rings. The predicted molar refractivity (Wildman–Crippen MR) is 159 cm³/mol. The van der Waals surface area contributed by atoms with E-state index in [0.717, 1.165) is 24.5 Å². The number of rotatable bonds is 8. The van der Waals surface area contributed by atoms with Gasteiger partial charge in [-0.3, -0.25) is 14.5 Å². The highest BCUT2D eigenvalue weighted by molar-refractivity contribution is 6.07. The summed E-state index contributed by atoms with van der Waals surface area (Å²) in [7, 11) is 0. The Labute approximate surface area is 241 Å². The monoisotopic (exact) mass is 567 g/mol. The molecule has 9 heteroatoms. The molecule has 0 amide bonds. The molecule has 2 fully saturated rings. The summed E-state index contributed by atoms with van der Waals surface area (Å²) in [6, 6.07) is 17.3. The van der Waals surface area contributed by atoms with Gasteiger partial charge in [-0.15, -0.1) is 0 Å². The van der Waals surface area contributed by atoms with Gasteiger partial charge in [0.15, 0.2) is 5.78 Å². The van der Waals surface area contributed by atoms with Gasteiger partial charge in [-0.05, 0) is 54.8 Å². The largest absolute Gasteiger partial charge is 0.508 e. The number of carbonyl (C=O) groups excluding carboxylic acids is 1. The van der Waals surface area contributed by atoms with Crippen LogP contribution in [0.5, 0.6) is 5.75 Å². The average Bonchev–Trinajstić information content (AvgIpc) is 3.84. The van der Waals surface area contributed by atoms with Crippen molar-refractivity contribution in [3.8, 4) is 5.75 Å². The number of halogens is 1. The van der Waals surface area contributed by atoms with E-state index in [1.165, 1.54) is 18.3 Å². The zero-order valence-electron chi connectivity index (χ0n) is 22.9. The molecule has 0 bridgehead atoms. The Morgan fingerprint density at radius 3 is 2.40 bits per heavy atom. The van der Waals surface area contributed by atoms with Crippen molar-refractivity contribution in [2.75, 3.05) is 31.1 Å². The summed E-state index contributed by atoms with van der Waals surface area (Å²) >= 11 is 0. The van der Waals surface area contributed by atoms with Crippen molar-refractivity contribution in [1.29, 1.82) is 0 Å². The fourth-order valence-electron chi connectivity index (χ4n) is 5.49. The number of carbonyl (C=O) groups is 2. The summed E-state index contributed by atoms with van der Waals surface area (Å²) in [6.07, 6.45) is 6.42. The van der Waals surface area contributed by atoms with Crippen LogP contribution in [0.4, 0.5) is 10.1 Å². The van der Waals surface area contributed by atoms with Crippen LogP contribution in [0.25, 0.3) is 17.0 Å². The first kappa shape index (κ1) is 27.4. The molecule has 0 spiro atoms. The van der Waals surface area contributed by atoms with Gasteiger partial charge < -0.3 is 19.7 Å². The molecule has 1 aromatic heterocycles. The number of aromatic hydroxyl groups is 1. The minimum atomic E-state index is -1.32. The second-order valence-corrected chi connectivity index (χ2v) is 10.9. The number of pyridine rings is 1. The minimum absolute atomic E-state index is 0.0743. The minimum Gasteiger partial charge on any atom is -0.508 e. The van der Waals surface area contributed by atoms with Gasteiger partial charge in [-0.25, -0.2) is 9.18 Å². The van der Waals surface area contributed by atoms with Gasteiger partial charge >= 0.3 is 5.97 Å². The molecule has 1 aliphatic heterocycles. The van der Waals surface area contributed by atoms with Crippen LogP contribution in [-0.4, -0.2) is 57.6 Å². The molecule has 8 nitrogen and oxygen atoms in total. The molecule has 2 N–H and O–H groups in total. The Bertz CT molecular complexity index is 1770. The quantitative estimate of drug-likeness (QED) is 0.226. The van der Waals surface area contributed by atoms with Crippen LogP contribution in [0.15, 0.2) is 77.7 Å². The van der Waals surface area contributed by atoms with Gasteiger partial charge in [0, 0.05) is 61.5 Å². The van der Waals surface area contributed by atoms with Crippen LogP contribution in [-0.2, 0) is 6.54 Å². The van der Waals surface area contributed by atoms with Crippen molar-refractivity contribution in [2.24, 2.45) is 0 Å². The van der Waals surface area contributed by atoms with Crippen LogP contribution >= 0.6 is 0 Å². The fraction of sp³-hybridized carbons (Fsp3) is 0.242. The number of hydrogen-bond donors (Lipinski definition) is 2. The van der Waals surface area contributed by atoms with E-state index in [0.29, 0.717) is 55.1 Å². The summed E-state index contributed by atoms with van der Waals surface area (Å²) < 4.78 is 17.1. The Hall–Kier alpha value is -4.76. The third kappa shape index (κ3) is 5.56. The van der Waals surface area contributed by atoms with Crippen LogP contribution in [0.2, 0.25) is 0 Å². The number of carboxylic acid groups (broad SMARTS) is 1. The maximum Gasteiger partial charge on any atom is 0.341 e. The van der Waals surface area contributed by atoms with Crippen LogP contribution < -0.4 is 10.3 Å². The van der Waals surface area contributed by atoms with Crippen molar-refractivity contribution in [2.45, 2.75) is 25.4 Å². The third-order valence-electron chi connectivity index (χ3n) is 7.97. The van der Waals surface area contributed by atoms with E-state index in [1.54, 1.807) is 28.8 Å². The van der Waals surface area contributed by atoms with Gasteiger partial charge in [-0.2, -0.15) is 0 Å². The second-order valence-electron chi connectivity index (χ2n) is 10.9. The zero-order chi connectivity index (χ0) is 29.4. The average molecular weight is 568 g/mol. The number of aromatic nitrogens is 1. The number of allylic oxidation sites excluding steroid dienone is 1. The number of nitrogens with zero attached hydrogens (tertiary/aromatic N) is 3. The van der Waals surface area contributed by atoms with Gasteiger partial charge in [0.25, 0.3) is 0 Å². The third-order valence-corrected chi connectivity index (χ3v) is 7.97. The van der Waals surface area contributed by atoms with Crippen molar-refractivity contribution in [1.82, 2.24) is 9.47 Å². The van der Waals surface area contributed by atoms with Gasteiger partial charge in [0.05, 0.1) is 11.2 Å². The maximum absolute atomic E-state index is 15.3. The van der Waals surface area contributed by atoms with E-state index in [2.05, 4.69) is 4.90 Å². The lowest BCUT2D eigenvalue weighted by atomic mass is 10.0. The van der Waals surface area contributed by atoms with Crippen molar-refractivity contribution < 1.29 is 24.2 Å². The van der Waals surface area contributed by atoms with Crippen LogP contribution in [0.3, 0.4) is 0 Å². The SMILES string of the molecule is O=C(/C=C/c1ccccc1)c1ccc(O)c(CN2CCN(c3cc4c(cc3F)c(=O)c(C(=O)O)cn4C3CC3)CC2)c1. The number of phenols is 1. The fourth-order valence-corrected chi connectivity index (χ4v) is 5.49. The maximum atomic E-state index is 15.3. The number of ketones is 1. The molecule has 6 rings (SSSR count). The normalized spacial score (nSPS) is 15.9. The van der Waals surface area contributed by atoms with E-state index in [-0.39, 0.29) is 28.5 Å². The molecule has 2 aliphatic rings. The Morgan fingerprint density at radius 2 is 1.71 bits per heavy atom. The number of carboxylic acids is 1. The van der Waals surface area contributed by atoms with Gasteiger partial charge in [-0.1, -0.05) is 36.4 Å². The summed E-state index contributed by atoms with van der Waals surface area (Å²) in [5.41, 5.74) is 1.93. The summed E-state index contributed by atoms with van der Waals surface area (Å²) in [6.45, 7) is 2.65. The molecule has 1 saturated carbocycles. The smallest absolute Gasteiger partial charge is 0.341 e. The van der Waals surface area contributed by atoms with Gasteiger partial charge in [0.2, 0.25) is 5.43 Å². The topological polar surface area (TPSA) is 103 Å². The number of anilines is 1. The Morgan fingerprint density at radius 1 is 0.976 bits per heavy atom. The molecule has 0 unspecified atom stereocenters. The highest BCUT2D eigenvalue weighted by Gasteiger charge is 2.28. The predicted octanol–water partition coefficient (Wildman–Crippen LogP) is 5.10. The van der Waals surface area contributed by atoms with Crippen LogP contribution in [0.1, 0.15) is 50.7 Å². The first-order valence-corrected chi connectivity index (χ1v) is 14.0. The van der Waals surface area contributed by atoms with Gasteiger partial charge in [0.1, 0.15) is 17.1 Å². The zero-order valence-corrected chi connectivity index (χ0v) is 22.9. The first-order chi connectivity index (χ1) is 20.3. The molecule has 1 aliphatic carbocycles. The molecule has 0 radical (unpaired) electrons. The number of phenolic OH excluding ortho intramolecular Hbond substituents is 1. The van der Waals surface area contributed by atoms with E-state index in [4.69, 9.17) is 0 Å². The molecule has 0 atom stereocenters. The lowest BCUT2D eigenvalue weighted by Crippen LogP contribution is -2.46. The van der Waals surface area contributed by atoms with Crippen molar-refractivity contribution in [3.63, 3.8) is 0 Å². The number of piperazine rings is 1. The Balaban J connectivity index is 1.17. The number of benzene rings is 3. The van der Waals surface area contributed by atoms with E-state index in [9.17, 15) is 24.6 Å². The molecule has 42 heavy (non-hydrogen) atoms.